The second-order valence-electron chi connectivity index (χ2n) is 4.24. The first-order chi connectivity index (χ1) is 8.71. The molecule has 1 aliphatic carbocycles. The van der Waals surface area contributed by atoms with Crippen LogP contribution in [0.5, 0.6) is 0 Å². The molecule has 8 heteroatoms. The molecule has 2 aromatic rings. The molecule has 1 saturated carbocycles. The minimum absolute atomic E-state index is 0.0490. The first-order valence-electron chi connectivity index (χ1n) is 5.51. The lowest BCUT2D eigenvalue weighted by atomic mass is 10.3. The van der Waals surface area contributed by atoms with Gasteiger partial charge in [0, 0.05) is 12.4 Å². The molecule has 0 atom stereocenters. The third-order valence-corrected chi connectivity index (χ3v) is 3.01. The van der Waals surface area contributed by atoms with Gasteiger partial charge in [-0.25, -0.2) is 4.68 Å². The third kappa shape index (κ3) is 2.14. The lowest BCUT2D eigenvalue weighted by Gasteiger charge is -2.14. The molecule has 2 aromatic heterocycles. The first kappa shape index (κ1) is 11.4. The lowest BCUT2D eigenvalue weighted by Crippen LogP contribution is -2.27. The Bertz CT molecular complexity index is 554. The molecule has 0 saturated heterocycles. The first-order valence-corrected chi connectivity index (χ1v) is 5.89. The molecule has 1 fully saturated rings. The molecule has 0 amide bonds. The van der Waals surface area contributed by atoms with E-state index in [1.165, 1.54) is 4.68 Å². The van der Waals surface area contributed by atoms with Gasteiger partial charge in [0.1, 0.15) is 0 Å². The average Bonchev–Trinajstić information content (AvgIpc) is 2.92. The summed E-state index contributed by atoms with van der Waals surface area (Å²) >= 11 is 5.85. The van der Waals surface area contributed by atoms with Gasteiger partial charge < -0.3 is 10.4 Å². The molecule has 7 nitrogen and oxygen atoms in total. The number of hydrogen-bond acceptors (Lipinski definition) is 6. The van der Waals surface area contributed by atoms with Crippen LogP contribution in [0, 0.1) is 0 Å². The summed E-state index contributed by atoms with van der Waals surface area (Å²) < 4.78 is 1.50. The van der Waals surface area contributed by atoms with Crippen LogP contribution >= 0.6 is 11.6 Å². The fraction of sp³-hybridized carbons (Fsp3) is 0.400. The Morgan fingerprint density at radius 2 is 2.22 bits per heavy atom. The van der Waals surface area contributed by atoms with Crippen molar-refractivity contribution >= 4 is 17.5 Å². The van der Waals surface area contributed by atoms with E-state index in [4.69, 9.17) is 11.6 Å². The fourth-order valence-corrected chi connectivity index (χ4v) is 1.75. The Morgan fingerprint density at radius 1 is 1.39 bits per heavy atom. The average molecular weight is 267 g/mol. The van der Waals surface area contributed by atoms with Crippen molar-refractivity contribution in [1.29, 1.82) is 0 Å². The zero-order chi connectivity index (χ0) is 12.6. The second kappa shape index (κ2) is 4.18. The minimum Gasteiger partial charge on any atom is -0.394 e. The maximum atomic E-state index is 9.26. The summed E-state index contributed by atoms with van der Waals surface area (Å²) in [4.78, 5) is 12.2. The van der Waals surface area contributed by atoms with Crippen LogP contribution in [0.3, 0.4) is 0 Å². The van der Waals surface area contributed by atoms with Crippen molar-refractivity contribution in [1.82, 2.24) is 24.7 Å². The molecule has 0 bridgehead atoms. The minimum atomic E-state index is -0.300. The van der Waals surface area contributed by atoms with Crippen LogP contribution in [-0.2, 0) is 0 Å². The molecule has 0 unspecified atom stereocenters. The van der Waals surface area contributed by atoms with Gasteiger partial charge in [-0.3, -0.25) is 0 Å². The lowest BCUT2D eigenvalue weighted by molar-refractivity contribution is 0.265. The van der Waals surface area contributed by atoms with E-state index in [1.807, 2.05) is 0 Å². The smallest absolute Gasteiger partial charge is 0.256 e. The number of anilines is 1. The molecule has 2 N–H and O–H groups in total. The van der Waals surface area contributed by atoms with Crippen molar-refractivity contribution in [2.45, 2.75) is 18.4 Å². The molecule has 0 spiro atoms. The maximum Gasteiger partial charge on any atom is 0.256 e. The van der Waals surface area contributed by atoms with E-state index in [9.17, 15) is 5.11 Å². The van der Waals surface area contributed by atoms with Crippen molar-refractivity contribution in [3.05, 3.63) is 23.7 Å². The Hall–Kier alpha value is -1.73. The van der Waals surface area contributed by atoms with E-state index in [2.05, 4.69) is 25.4 Å². The number of aliphatic hydroxyl groups excluding tert-OH is 1. The summed E-state index contributed by atoms with van der Waals surface area (Å²) in [5.74, 6) is 0.697. The third-order valence-electron chi connectivity index (χ3n) is 2.84. The van der Waals surface area contributed by atoms with Gasteiger partial charge in [0.2, 0.25) is 11.2 Å². The number of nitrogens with one attached hydrogen (secondary N) is 1. The van der Waals surface area contributed by atoms with Crippen LogP contribution in [-0.4, -0.2) is 42.0 Å². The van der Waals surface area contributed by atoms with Gasteiger partial charge in [0.15, 0.2) is 0 Å². The molecule has 18 heavy (non-hydrogen) atoms. The summed E-state index contributed by atoms with van der Waals surface area (Å²) in [6.45, 7) is 0.0490. The van der Waals surface area contributed by atoms with Crippen molar-refractivity contribution < 1.29 is 5.11 Å². The number of rotatable bonds is 4. The SMILES string of the molecule is OCC1(Nc2nc(Cl)nc(-n3cccn3)n2)CC1. The number of aromatic nitrogens is 5. The molecular weight excluding hydrogens is 256 g/mol. The summed E-state index contributed by atoms with van der Waals surface area (Å²) in [5.41, 5.74) is -0.300. The summed E-state index contributed by atoms with van der Waals surface area (Å²) in [7, 11) is 0. The number of hydrogen-bond donors (Lipinski definition) is 2. The predicted octanol–water partition coefficient (Wildman–Crippen LogP) is 0.647. The molecule has 94 valence electrons. The van der Waals surface area contributed by atoms with Crippen LogP contribution in [0.15, 0.2) is 18.5 Å². The number of halogens is 1. The van der Waals surface area contributed by atoms with Gasteiger partial charge in [0.25, 0.3) is 5.95 Å². The van der Waals surface area contributed by atoms with E-state index in [1.54, 1.807) is 18.5 Å². The van der Waals surface area contributed by atoms with Gasteiger partial charge in [-0.2, -0.15) is 20.1 Å². The Balaban J connectivity index is 1.91. The topological polar surface area (TPSA) is 88.8 Å². The van der Waals surface area contributed by atoms with Crippen molar-refractivity contribution in [2.24, 2.45) is 0 Å². The maximum absolute atomic E-state index is 9.26. The van der Waals surface area contributed by atoms with Gasteiger partial charge in [-0.15, -0.1) is 0 Å². The van der Waals surface area contributed by atoms with Gasteiger partial charge in [0.05, 0.1) is 12.1 Å². The highest BCUT2D eigenvalue weighted by molar-refractivity contribution is 6.28. The highest BCUT2D eigenvalue weighted by Gasteiger charge is 2.42. The van der Waals surface area contributed by atoms with Crippen LogP contribution in [0.2, 0.25) is 5.28 Å². The highest BCUT2D eigenvalue weighted by atomic mass is 35.5. The molecule has 0 aromatic carbocycles. The van der Waals surface area contributed by atoms with Gasteiger partial charge in [-0.05, 0) is 30.5 Å². The molecule has 0 radical (unpaired) electrons. The highest BCUT2D eigenvalue weighted by Crippen LogP contribution is 2.37. The number of nitrogens with zero attached hydrogens (tertiary/aromatic N) is 5. The van der Waals surface area contributed by atoms with Crippen LogP contribution in [0.25, 0.3) is 5.95 Å². The molecular formula is C10H11ClN6O. The monoisotopic (exact) mass is 266 g/mol. The van der Waals surface area contributed by atoms with Gasteiger partial charge >= 0.3 is 0 Å². The predicted molar refractivity (Wildman–Crippen MR) is 64.6 cm³/mol. The van der Waals surface area contributed by atoms with E-state index >= 15 is 0 Å². The summed E-state index contributed by atoms with van der Waals surface area (Å²) in [6, 6.07) is 1.76. The van der Waals surface area contributed by atoms with E-state index < -0.39 is 0 Å². The van der Waals surface area contributed by atoms with Crippen LogP contribution in [0.1, 0.15) is 12.8 Å². The fourth-order valence-electron chi connectivity index (χ4n) is 1.60. The van der Waals surface area contributed by atoms with Crippen molar-refractivity contribution in [2.75, 3.05) is 11.9 Å². The van der Waals surface area contributed by atoms with E-state index in [0.29, 0.717) is 11.9 Å². The molecule has 0 aliphatic heterocycles. The second-order valence-corrected chi connectivity index (χ2v) is 4.58. The van der Waals surface area contributed by atoms with Crippen LogP contribution in [0.4, 0.5) is 5.95 Å². The molecule has 1 aliphatic rings. The van der Waals surface area contributed by atoms with Crippen molar-refractivity contribution in [3.63, 3.8) is 0 Å². The largest absolute Gasteiger partial charge is 0.394 e. The van der Waals surface area contributed by atoms with Gasteiger partial charge in [-0.1, -0.05) is 0 Å². The zero-order valence-electron chi connectivity index (χ0n) is 9.41. The number of aliphatic hydroxyl groups is 1. The molecule has 3 rings (SSSR count). The molecule has 2 heterocycles. The van der Waals surface area contributed by atoms with Crippen molar-refractivity contribution in [3.8, 4) is 5.95 Å². The Morgan fingerprint density at radius 3 is 2.83 bits per heavy atom. The normalized spacial score (nSPS) is 16.6. The van der Waals surface area contributed by atoms with Crippen LogP contribution < -0.4 is 5.32 Å². The standard InChI is InChI=1S/C10H11ClN6O/c11-7-13-8(16-10(6-18)2-3-10)15-9(14-7)17-5-1-4-12-17/h1,4-5,18H,2-3,6H2,(H,13,14,15,16). The summed E-state index contributed by atoms with van der Waals surface area (Å²) in [6.07, 6.45) is 5.13. The van der Waals surface area contributed by atoms with E-state index in [-0.39, 0.29) is 17.4 Å². The quantitative estimate of drug-likeness (QED) is 0.845. The summed E-state index contributed by atoms with van der Waals surface area (Å²) in [5, 5.41) is 16.5. The Labute approximate surface area is 108 Å². The van der Waals surface area contributed by atoms with E-state index in [0.717, 1.165) is 12.8 Å². The Kier molecular flexibility index (Phi) is 2.64. The zero-order valence-corrected chi connectivity index (χ0v) is 10.2.